The number of nitrogens with zero attached hydrogens (tertiary/aromatic N) is 1. The zero-order chi connectivity index (χ0) is 11.7. The summed E-state index contributed by atoms with van der Waals surface area (Å²) in [6.45, 7) is 0. The van der Waals surface area contributed by atoms with E-state index >= 15 is 0 Å². The van der Waals surface area contributed by atoms with Gasteiger partial charge in [-0.05, 0) is 49.5 Å². The Morgan fingerprint density at radius 3 is 2.94 bits per heavy atom. The first-order valence-corrected chi connectivity index (χ1v) is 6.09. The van der Waals surface area contributed by atoms with E-state index in [1.807, 2.05) is 18.2 Å². The number of aromatic amines is 1. The second-order valence-electron chi connectivity index (χ2n) is 4.55. The van der Waals surface area contributed by atoms with E-state index in [0.29, 0.717) is 0 Å². The summed E-state index contributed by atoms with van der Waals surface area (Å²) in [5, 5.41) is 10.1. The lowest BCUT2D eigenvalue weighted by molar-refractivity contribution is 0.742. The van der Waals surface area contributed by atoms with Crippen LogP contribution in [-0.4, -0.2) is 4.98 Å². The molecule has 0 radical (unpaired) electrons. The SMILES string of the molecule is N#Cc1ccc2[nH]cc(C3=CCCCC3)c2c1. The summed E-state index contributed by atoms with van der Waals surface area (Å²) in [6, 6.07) is 8.03. The Bertz CT molecular complexity index is 626. The molecule has 0 unspecified atom stereocenters. The average Bonchev–Trinajstić information content (AvgIpc) is 2.82. The lowest BCUT2D eigenvalue weighted by Crippen LogP contribution is -1.90. The largest absolute Gasteiger partial charge is 0.361 e. The Hall–Kier alpha value is -2.01. The molecule has 2 aromatic rings. The van der Waals surface area contributed by atoms with E-state index in [1.165, 1.54) is 35.8 Å². The number of H-pyrrole nitrogens is 1. The van der Waals surface area contributed by atoms with Gasteiger partial charge in [0.15, 0.2) is 0 Å². The molecular weight excluding hydrogens is 208 g/mol. The number of allylic oxidation sites excluding steroid dienone is 2. The normalized spacial score (nSPS) is 15.6. The number of benzene rings is 1. The highest BCUT2D eigenvalue weighted by Gasteiger charge is 2.11. The molecule has 2 nitrogen and oxygen atoms in total. The van der Waals surface area contributed by atoms with Gasteiger partial charge in [-0.25, -0.2) is 0 Å². The Balaban J connectivity index is 2.16. The lowest BCUT2D eigenvalue weighted by atomic mass is 9.93. The molecule has 2 heteroatoms. The van der Waals surface area contributed by atoms with Crippen molar-refractivity contribution in [2.75, 3.05) is 0 Å². The molecular formula is C15H14N2. The van der Waals surface area contributed by atoms with Gasteiger partial charge >= 0.3 is 0 Å². The molecule has 0 saturated carbocycles. The number of nitrogens with one attached hydrogen (secondary N) is 1. The molecule has 0 atom stereocenters. The van der Waals surface area contributed by atoms with Crippen LogP contribution in [0.5, 0.6) is 0 Å². The van der Waals surface area contributed by atoms with Gasteiger partial charge in [-0.15, -0.1) is 0 Å². The number of hydrogen-bond donors (Lipinski definition) is 1. The van der Waals surface area contributed by atoms with Crippen LogP contribution in [0.4, 0.5) is 0 Å². The van der Waals surface area contributed by atoms with Crippen LogP contribution in [0.3, 0.4) is 0 Å². The van der Waals surface area contributed by atoms with E-state index < -0.39 is 0 Å². The van der Waals surface area contributed by atoms with Crippen molar-refractivity contribution in [3.8, 4) is 6.07 Å². The summed E-state index contributed by atoms with van der Waals surface area (Å²) in [5.41, 5.74) is 4.55. The molecule has 0 amide bonds. The fraction of sp³-hybridized carbons (Fsp3) is 0.267. The van der Waals surface area contributed by atoms with Crippen molar-refractivity contribution >= 4 is 16.5 Å². The topological polar surface area (TPSA) is 39.6 Å². The second kappa shape index (κ2) is 4.10. The summed E-state index contributed by atoms with van der Waals surface area (Å²) in [6.07, 6.45) is 9.32. The fourth-order valence-electron chi connectivity index (χ4n) is 2.54. The molecule has 1 aliphatic carbocycles. The summed E-state index contributed by atoms with van der Waals surface area (Å²) >= 11 is 0. The van der Waals surface area contributed by atoms with Gasteiger partial charge in [-0.1, -0.05) is 6.08 Å². The smallest absolute Gasteiger partial charge is 0.0991 e. The van der Waals surface area contributed by atoms with Crippen molar-refractivity contribution in [2.45, 2.75) is 25.7 Å². The monoisotopic (exact) mass is 222 g/mol. The molecule has 3 rings (SSSR count). The van der Waals surface area contributed by atoms with Gasteiger partial charge in [0.1, 0.15) is 0 Å². The van der Waals surface area contributed by atoms with Crippen LogP contribution >= 0.6 is 0 Å². The summed E-state index contributed by atoms with van der Waals surface area (Å²) in [7, 11) is 0. The number of aromatic nitrogens is 1. The molecule has 1 aliphatic rings. The van der Waals surface area contributed by atoms with Crippen LogP contribution in [-0.2, 0) is 0 Å². The van der Waals surface area contributed by atoms with Crippen molar-refractivity contribution in [2.24, 2.45) is 0 Å². The van der Waals surface area contributed by atoms with E-state index in [9.17, 15) is 0 Å². The molecule has 0 aliphatic heterocycles. The van der Waals surface area contributed by atoms with Crippen molar-refractivity contribution in [1.82, 2.24) is 4.98 Å². The third-order valence-corrected chi connectivity index (χ3v) is 3.45. The molecule has 1 heterocycles. The third-order valence-electron chi connectivity index (χ3n) is 3.45. The Morgan fingerprint density at radius 1 is 1.24 bits per heavy atom. The van der Waals surface area contributed by atoms with Crippen LogP contribution in [0.15, 0.2) is 30.5 Å². The Kier molecular flexibility index (Phi) is 2.45. The minimum absolute atomic E-state index is 0.731. The van der Waals surface area contributed by atoms with Gasteiger partial charge in [0.2, 0.25) is 0 Å². The molecule has 0 fully saturated rings. The molecule has 1 aromatic heterocycles. The van der Waals surface area contributed by atoms with Gasteiger partial charge < -0.3 is 4.98 Å². The summed E-state index contributed by atoms with van der Waals surface area (Å²) < 4.78 is 0. The standard InChI is InChI=1S/C15H14N2/c16-9-11-6-7-15-13(8-11)14(10-17-15)12-4-2-1-3-5-12/h4,6-8,10,17H,1-3,5H2. The quantitative estimate of drug-likeness (QED) is 0.778. The molecule has 84 valence electrons. The van der Waals surface area contributed by atoms with Crippen LogP contribution in [0.25, 0.3) is 16.5 Å². The van der Waals surface area contributed by atoms with E-state index in [1.54, 1.807) is 0 Å². The lowest BCUT2D eigenvalue weighted by Gasteiger charge is -2.11. The minimum Gasteiger partial charge on any atom is -0.361 e. The summed E-state index contributed by atoms with van der Waals surface area (Å²) in [4.78, 5) is 3.29. The molecule has 0 saturated heterocycles. The predicted octanol–water partition coefficient (Wildman–Crippen LogP) is 4.00. The highest BCUT2D eigenvalue weighted by molar-refractivity contribution is 5.93. The van der Waals surface area contributed by atoms with Crippen molar-refractivity contribution in [1.29, 1.82) is 5.26 Å². The average molecular weight is 222 g/mol. The van der Waals surface area contributed by atoms with Crippen LogP contribution in [0.2, 0.25) is 0 Å². The van der Waals surface area contributed by atoms with Crippen LogP contribution in [0.1, 0.15) is 36.8 Å². The van der Waals surface area contributed by atoms with E-state index in [-0.39, 0.29) is 0 Å². The maximum Gasteiger partial charge on any atom is 0.0991 e. The highest BCUT2D eigenvalue weighted by atomic mass is 14.7. The maximum absolute atomic E-state index is 8.96. The first-order chi connectivity index (χ1) is 8.38. The zero-order valence-electron chi connectivity index (χ0n) is 9.66. The first kappa shape index (κ1) is 10.2. The number of rotatable bonds is 1. The van der Waals surface area contributed by atoms with Crippen molar-refractivity contribution in [3.63, 3.8) is 0 Å². The van der Waals surface area contributed by atoms with Gasteiger partial charge in [0.25, 0.3) is 0 Å². The Morgan fingerprint density at radius 2 is 2.18 bits per heavy atom. The fourth-order valence-corrected chi connectivity index (χ4v) is 2.54. The molecule has 0 bridgehead atoms. The number of hydrogen-bond acceptors (Lipinski definition) is 1. The van der Waals surface area contributed by atoms with Gasteiger partial charge in [-0.3, -0.25) is 0 Å². The minimum atomic E-state index is 0.731. The van der Waals surface area contributed by atoms with Gasteiger partial charge in [0.05, 0.1) is 11.6 Å². The van der Waals surface area contributed by atoms with Crippen LogP contribution in [0, 0.1) is 11.3 Å². The maximum atomic E-state index is 8.96. The number of nitriles is 1. The molecule has 1 N–H and O–H groups in total. The molecule has 1 aromatic carbocycles. The first-order valence-electron chi connectivity index (χ1n) is 6.09. The van der Waals surface area contributed by atoms with Gasteiger partial charge in [-0.2, -0.15) is 5.26 Å². The van der Waals surface area contributed by atoms with E-state index in [0.717, 1.165) is 17.5 Å². The highest BCUT2D eigenvalue weighted by Crippen LogP contribution is 2.32. The zero-order valence-corrected chi connectivity index (χ0v) is 9.66. The van der Waals surface area contributed by atoms with Gasteiger partial charge in [0, 0.05) is 22.7 Å². The van der Waals surface area contributed by atoms with Crippen molar-refractivity contribution in [3.05, 3.63) is 41.6 Å². The molecule has 0 spiro atoms. The summed E-state index contributed by atoms with van der Waals surface area (Å²) in [5.74, 6) is 0. The van der Waals surface area contributed by atoms with E-state index in [2.05, 4.69) is 23.3 Å². The van der Waals surface area contributed by atoms with Crippen molar-refractivity contribution < 1.29 is 0 Å². The number of fused-ring (bicyclic) bond motifs is 1. The van der Waals surface area contributed by atoms with Crippen LogP contribution < -0.4 is 0 Å². The predicted molar refractivity (Wildman–Crippen MR) is 69.5 cm³/mol. The Labute approximate surface area is 101 Å². The molecule has 17 heavy (non-hydrogen) atoms. The van der Waals surface area contributed by atoms with E-state index in [4.69, 9.17) is 5.26 Å². The second-order valence-corrected chi connectivity index (χ2v) is 4.55. The third kappa shape index (κ3) is 1.74.